The van der Waals surface area contributed by atoms with E-state index in [0.29, 0.717) is 5.02 Å². The summed E-state index contributed by atoms with van der Waals surface area (Å²) in [5.74, 6) is -0.221. The lowest BCUT2D eigenvalue weighted by Crippen LogP contribution is -2.26. The van der Waals surface area contributed by atoms with Gasteiger partial charge in [0.25, 0.3) is 5.91 Å². The number of anilines is 1. The number of nitrogens with zero attached hydrogens (tertiary/aromatic N) is 1. The van der Waals surface area contributed by atoms with Crippen molar-refractivity contribution in [3.05, 3.63) is 58.6 Å². The van der Waals surface area contributed by atoms with Gasteiger partial charge in [-0.15, -0.1) is 11.8 Å². The van der Waals surface area contributed by atoms with E-state index in [2.05, 4.69) is 15.8 Å². The van der Waals surface area contributed by atoms with Gasteiger partial charge in [0.2, 0.25) is 0 Å². The molecule has 0 aromatic heterocycles. The third-order valence-corrected chi connectivity index (χ3v) is 4.38. The van der Waals surface area contributed by atoms with E-state index >= 15 is 0 Å². The Bertz CT molecular complexity index is 701. The van der Waals surface area contributed by atoms with Gasteiger partial charge in [-0.05, 0) is 48.6 Å². The van der Waals surface area contributed by atoms with Crippen LogP contribution in [0.2, 0.25) is 5.02 Å². The third kappa shape index (κ3) is 5.30. The molecule has 0 aliphatic rings. The Labute approximate surface area is 145 Å². The maximum atomic E-state index is 11.8. The molecule has 1 amide bonds. The molecule has 6 heteroatoms. The second-order valence-corrected chi connectivity index (χ2v) is 6.12. The molecular formula is C17H18ClN3OS. The first-order valence-electron chi connectivity index (χ1n) is 7.05. The van der Waals surface area contributed by atoms with Crippen LogP contribution < -0.4 is 10.7 Å². The van der Waals surface area contributed by atoms with Crippen molar-refractivity contribution >= 4 is 41.2 Å². The Balaban J connectivity index is 1.82. The fraction of sp³-hybridized carbons (Fsp3) is 0.176. The number of hydrazone groups is 1. The molecular weight excluding hydrogens is 330 g/mol. The summed E-state index contributed by atoms with van der Waals surface area (Å²) in [6, 6.07) is 13.5. The fourth-order valence-electron chi connectivity index (χ4n) is 1.88. The van der Waals surface area contributed by atoms with E-state index in [1.165, 1.54) is 4.90 Å². The number of nitrogens with one attached hydrogen (secondary N) is 2. The van der Waals surface area contributed by atoms with Gasteiger partial charge in [0.1, 0.15) is 0 Å². The highest BCUT2D eigenvalue weighted by Gasteiger charge is 2.04. The van der Waals surface area contributed by atoms with Crippen LogP contribution in [0.5, 0.6) is 0 Å². The number of amides is 1. The fourth-order valence-corrected chi connectivity index (χ4v) is 2.47. The van der Waals surface area contributed by atoms with Crippen LogP contribution in [0.1, 0.15) is 11.1 Å². The molecule has 4 nitrogen and oxygen atoms in total. The van der Waals surface area contributed by atoms with Crippen LogP contribution >= 0.6 is 23.4 Å². The first kappa shape index (κ1) is 17.4. The number of benzene rings is 2. The zero-order chi connectivity index (χ0) is 16.7. The average Bonchev–Trinajstić information content (AvgIpc) is 2.57. The van der Waals surface area contributed by atoms with Gasteiger partial charge in [0.05, 0.1) is 12.8 Å². The molecule has 0 spiro atoms. The molecule has 2 aromatic carbocycles. The summed E-state index contributed by atoms with van der Waals surface area (Å²) in [7, 11) is 0. The molecule has 0 aliphatic heterocycles. The molecule has 0 bridgehead atoms. The Morgan fingerprint density at radius 2 is 2.00 bits per heavy atom. The van der Waals surface area contributed by atoms with Gasteiger partial charge in [-0.25, -0.2) is 5.43 Å². The Hall–Kier alpha value is -1.98. The molecule has 120 valence electrons. The van der Waals surface area contributed by atoms with E-state index in [1.807, 2.05) is 55.6 Å². The molecule has 0 aliphatic carbocycles. The molecule has 23 heavy (non-hydrogen) atoms. The number of carbonyl (C=O) groups excluding carboxylic acids is 1. The lowest BCUT2D eigenvalue weighted by Gasteiger charge is -2.09. The molecule has 2 rings (SSSR count). The minimum Gasteiger partial charge on any atom is -0.376 e. The summed E-state index contributed by atoms with van der Waals surface area (Å²) in [4.78, 5) is 13.0. The molecule has 2 N–H and O–H groups in total. The van der Waals surface area contributed by atoms with Crippen molar-refractivity contribution in [3.63, 3.8) is 0 Å². The highest BCUT2D eigenvalue weighted by Crippen LogP contribution is 2.22. The van der Waals surface area contributed by atoms with Gasteiger partial charge < -0.3 is 5.32 Å². The monoisotopic (exact) mass is 347 g/mol. The van der Waals surface area contributed by atoms with Crippen molar-refractivity contribution in [3.8, 4) is 0 Å². The Morgan fingerprint density at radius 1 is 1.26 bits per heavy atom. The van der Waals surface area contributed by atoms with Crippen LogP contribution in [-0.4, -0.2) is 24.9 Å². The summed E-state index contributed by atoms with van der Waals surface area (Å²) in [5, 5.41) is 7.66. The van der Waals surface area contributed by atoms with Gasteiger partial charge in [-0.2, -0.15) is 5.10 Å². The van der Waals surface area contributed by atoms with Crippen LogP contribution in [0, 0.1) is 6.92 Å². The van der Waals surface area contributed by atoms with E-state index in [-0.39, 0.29) is 12.5 Å². The second-order valence-electron chi connectivity index (χ2n) is 4.83. The van der Waals surface area contributed by atoms with Gasteiger partial charge in [-0.1, -0.05) is 29.8 Å². The molecule has 0 saturated heterocycles. The van der Waals surface area contributed by atoms with E-state index in [1.54, 1.807) is 18.0 Å². The van der Waals surface area contributed by atoms with Crippen molar-refractivity contribution in [1.82, 2.24) is 5.43 Å². The number of carbonyl (C=O) groups is 1. The highest BCUT2D eigenvalue weighted by atomic mass is 35.5. The average molecular weight is 348 g/mol. The van der Waals surface area contributed by atoms with Crippen molar-refractivity contribution < 1.29 is 4.79 Å². The Kier molecular flexibility index (Phi) is 6.50. The maximum absolute atomic E-state index is 11.8. The minimum absolute atomic E-state index is 0.129. The summed E-state index contributed by atoms with van der Waals surface area (Å²) < 4.78 is 0. The first-order valence-corrected chi connectivity index (χ1v) is 8.65. The first-order chi connectivity index (χ1) is 11.1. The van der Waals surface area contributed by atoms with Gasteiger partial charge >= 0.3 is 0 Å². The summed E-state index contributed by atoms with van der Waals surface area (Å²) in [6.07, 6.45) is 3.64. The molecule has 0 heterocycles. The van der Waals surface area contributed by atoms with Crippen LogP contribution in [0.25, 0.3) is 0 Å². The van der Waals surface area contributed by atoms with Crippen LogP contribution in [0.4, 0.5) is 5.69 Å². The van der Waals surface area contributed by atoms with E-state index in [9.17, 15) is 4.79 Å². The van der Waals surface area contributed by atoms with Crippen LogP contribution in [-0.2, 0) is 4.79 Å². The maximum Gasteiger partial charge on any atom is 0.259 e. The van der Waals surface area contributed by atoms with E-state index in [0.717, 1.165) is 16.8 Å². The number of rotatable bonds is 6. The van der Waals surface area contributed by atoms with E-state index < -0.39 is 0 Å². The number of hydrogen-bond acceptors (Lipinski definition) is 4. The van der Waals surface area contributed by atoms with Gasteiger partial charge in [0.15, 0.2) is 0 Å². The van der Waals surface area contributed by atoms with Crippen LogP contribution in [0.15, 0.2) is 52.5 Å². The second kappa shape index (κ2) is 8.60. The zero-order valence-electron chi connectivity index (χ0n) is 13.0. The highest BCUT2D eigenvalue weighted by molar-refractivity contribution is 7.98. The lowest BCUT2D eigenvalue weighted by molar-refractivity contribution is -0.119. The molecule has 0 radical (unpaired) electrons. The predicted molar refractivity (Wildman–Crippen MR) is 98.6 cm³/mol. The van der Waals surface area contributed by atoms with Gasteiger partial charge in [0, 0.05) is 15.6 Å². The summed E-state index contributed by atoms with van der Waals surface area (Å²) >= 11 is 7.72. The quantitative estimate of drug-likeness (QED) is 0.473. The number of hydrogen-bond donors (Lipinski definition) is 2. The topological polar surface area (TPSA) is 53.5 Å². The van der Waals surface area contributed by atoms with Crippen molar-refractivity contribution in [2.24, 2.45) is 5.10 Å². The minimum atomic E-state index is -0.221. The largest absolute Gasteiger partial charge is 0.376 e. The van der Waals surface area contributed by atoms with Crippen molar-refractivity contribution in [1.29, 1.82) is 0 Å². The van der Waals surface area contributed by atoms with Crippen molar-refractivity contribution in [2.45, 2.75) is 11.8 Å². The number of halogens is 1. The number of thioether (sulfide) groups is 1. The summed E-state index contributed by atoms with van der Waals surface area (Å²) in [6.45, 7) is 2.03. The summed E-state index contributed by atoms with van der Waals surface area (Å²) in [5.41, 5.74) is 5.18. The van der Waals surface area contributed by atoms with Crippen molar-refractivity contribution in [2.75, 3.05) is 18.1 Å². The predicted octanol–water partition coefficient (Wildman–Crippen LogP) is 3.93. The van der Waals surface area contributed by atoms with E-state index in [4.69, 9.17) is 11.6 Å². The normalized spacial score (nSPS) is 10.7. The standard InChI is InChI=1S/C17H18ClN3OS/c1-12-15(18)4-3-5-16(12)19-11-17(22)21-20-10-13-6-8-14(23-2)9-7-13/h3-10,19H,11H2,1-2H3,(H,21,22)/b20-10-. The molecule has 2 aromatic rings. The lowest BCUT2D eigenvalue weighted by atomic mass is 10.2. The third-order valence-electron chi connectivity index (χ3n) is 3.23. The molecule has 0 atom stereocenters. The van der Waals surface area contributed by atoms with Gasteiger partial charge in [-0.3, -0.25) is 4.79 Å². The Morgan fingerprint density at radius 3 is 2.70 bits per heavy atom. The SMILES string of the molecule is CSc1ccc(/C=N\NC(=O)CNc2cccc(Cl)c2C)cc1. The zero-order valence-corrected chi connectivity index (χ0v) is 14.5. The molecule has 0 saturated carbocycles. The smallest absolute Gasteiger partial charge is 0.259 e. The van der Waals surface area contributed by atoms with Crippen LogP contribution in [0.3, 0.4) is 0 Å². The molecule has 0 unspecified atom stereocenters. The molecule has 0 fully saturated rings.